The molecule has 1 aliphatic heterocycles. The summed E-state index contributed by atoms with van der Waals surface area (Å²) in [7, 11) is 0. The molecule has 1 aromatic rings. The van der Waals surface area contributed by atoms with E-state index in [-0.39, 0.29) is 12.2 Å². The molecule has 0 saturated carbocycles. The van der Waals surface area contributed by atoms with Crippen molar-refractivity contribution in [1.29, 1.82) is 5.26 Å². The summed E-state index contributed by atoms with van der Waals surface area (Å²) in [4.78, 5) is 11.1. The first-order valence-corrected chi connectivity index (χ1v) is 6.98. The number of ether oxygens (including phenoxy) is 3. The van der Waals surface area contributed by atoms with E-state index in [1.165, 1.54) is 0 Å². The van der Waals surface area contributed by atoms with Gasteiger partial charge >= 0.3 is 0 Å². The molecule has 0 N–H and O–H groups in total. The quantitative estimate of drug-likeness (QED) is 0.569. The summed E-state index contributed by atoms with van der Waals surface area (Å²) in [6.45, 7) is 4.52. The SMILES string of the molecule is CC(C)(C#N)CCCCOc1cc2c(cc1C=O)OCO2. The highest BCUT2D eigenvalue weighted by atomic mass is 16.7. The van der Waals surface area contributed by atoms with Crippen LogP contribution in [0, 0.1) is 16.7 Å². The Morgan fingerprint density at radius 3 is 2.71 bits per heavy atom. The number of hydrogen-bond acceptors (Lipinski definition) is 5. The minimum absolute atomic E-state index is 0.167. The molecule has 1 aliphatic rings. The molecule has 1 aromatic carbocycles. The van der Waals surface area contributed by atoms with Crippen molar-refractivity contribution in [2.24, 2.45) is 5.41 Å². The summed E-state index contributed by atoms with van der Waals surface area (Å²) in [6, 6.07) is 5.59. The molecule has 0 saturated heterocycles. The van der Waals surface area contributed by atoms with Crippen molar-refractivity contribution in [1.82, 2.24) is 0 Å². The van der Waals surface area contributed by atoms with E-state index < -0.39 is 0 Å². The monoisotopic (exact) mass is 289 g/mol. The van der Waals surface area contributed by atoms with E-state index in [4.69, 9.17) is 19.5 Å². The highest BCUT2D eigenvalue weighted by Gasteiger charge is 2.18. The third-order valence-corrected chi connectivity index (χ3v) is 3.39. The van der Waals surface area contributed by atoms with Gasteiger partial charge < -0.3 is 14.2 Å². The summed E-state index contributed by atoms with van der Waals surface area (Å²) in [6.07, 6.45) is 3.31. The maximum Gasteiger partial charge on any atom is 0.231 e. The molecular formula is C16H19NO4. The second-order valence-electron chi connectivity index (χ2n) is 5.66. The largest absolute Gasteiger partial charge is 0.493 e. The van der Waals surface area contributed by atoms with Crippen molar-refractivity contribution < 1.29 is 19.0 Å². The van der Waals surface area contributed by atoms with E-state index >= 15 is 0 Å². The Bertz CT molecular complexity index is 560. The molecule has 0 aliphatic carbocycles. The second-order valence-corrected chi connectivity index (χ2v) is 5.66. The zero-order valence-electron chi connectivity index (χ0n) is 12.3. The Kier molecular flexibility index (Phi) is 4.69. The Morgan fingerprint density at radius 1 is 1.33 bits per heavy atom. The summed E-state index contributed by atoms with van der Waals surface area (Å²) >= 11 is 0. The maximum absolute atomic E-state index is 11.1. The Balaban J connectivity index is 1.86. The number of unbranched alkanes of at least 4 members (excludes halogenated alkanes) is 1. The lowest BCUT2D eigenvalue weighted by Gasteiger charge is -2.14. The predicted molar refractivity (Wildman–Crippen MR) is 76.7 cm³/mol. The standard InChI is InChI=1S/C16H19NO4/c1-16(2,10-17)5-3-4-6-19-13-8-15-14(20-11-21-15)7-12(13)9-18/h7-9H,3-6,11H2,1-2H3. The number of hydrogen-bond donors (Lipinski definition) is 0. The van der Waals surface area contributed by atoms with Crippen molar-refractivity contribution in [3.05, 3.63) is 17.7 Å². The van der Waals surface area contributed by atoms with Gasteiger partial charge in [-0.1, -0.05) is 0 Å². The van der Waals surface area contributed by atoms with Crippen LogP contribution in [0.5, 0.6) is 17.2 Å². The van der Waals surface area contributed by atoms with E-state index in [0.717, 1.165) is 25.5 Å². The van der Waals surface area contributed by atoms with Crippen LogP contribution in [-0.4, -0.2) is 19.7 Å². The van der Waals surface area contributed by atoms with Gasteiger partial charge in [-0.25, -0.2) is 0 Å². The predicted octanol–water partition coefficient (Wildman–Crippen LogP) is 3.33. The molecule has 0 fully saturated rings. The fourth-order valence-corrected chi connectivity index (χ4v) is 2.06. The molecule has 1 heterocycles. The normalized spacial score (nSPS) is 12.8. The molecule has 5 nitrogen and oxygen atoms in total. The van der Waals surface area contributed by atoms with Gasteiger partial charge in [0.05, 0.1) is 23.7 Å². The molecule has 0 atom stereocenters. The number of nitriles is 1. The number of carbonyl (C=O) groups excluding carboxylic acids is 1. The Hall–Kier alpha value is -2.22. The minimum Gasteiger partial charge on any atom is -0.493 e. The van der Waals surface area contributed by atoms with Gasteiger partial charge in [0.15, 0.2) is 17.8 Å². The number of fused-ring (bicyclic) bond motifs is 1. The molecule has 0 amide bonds. The van der Waals surface area contributed by atoms with Gasteiger partial charge in [-0.2, -0.15) is 5.26 Å². The van der Waals surface area contributed by atoms with Crippen LogP contribution in [0.2, 0.25) is 0 Å². The molecule has 0 bridgehead atoms. The van der Waals surface area contributed by atoms with E-state index in [9.17, 15) is 4.79 Å². The van der Waals surface area contributed by atoms with Gasteiger partial charge in [-0.05, 0) is 39.2 Å². The lowest BCUT2D eigenvalue weighted by molar-refractivity contribution is 0.111. The van der Waals surface area contributed by atoms with Crippen LogP contribution in [0.4, 0.5) is 0 Å². The van der Waals surface area contributed by atoms with Gasteiger partial charge in [0.25, 0.3) is 0 Å². The summed E-state index contributed by atoms with van der Waals surface area (Å²) < 4.78 is 16.1. The van der Waals surface area contributed by atoms with E-state index in [0.29, 0.717) is 29.4 Å². The van der Waals surface area contributed by atoms with Crippen molar-refractivity contribution >= 4 is 6.29 Å². The molecule has 21 heavy (non-hydrogen) atoms. The molecular weight excluding hydrogens is 270 g/mol. The van der Waals surface area contributed by atoms with E-state index in [1.54, 1.807) is 12.1 Å². The van der Waals surface area contributed by atoms with Crippen LogP contribution in [0.3, 0.4) is 0 Å². The third kappa shape index (κ3) is 3.88. The van der Waals surface area contributed by atoms with Crippen LogP contribution in [-0.2, 0) is 0 Å². The summed E-state index contributed by atoms with van der Waals surface area (Å²) in [5.41, 5.74) is 0.156. The molecule has 0 radical (unpaired) electrons. The number of rotatable bonds is 7. The van der Waals surface area contributed by atoms with Crippen LogP contribution in [0.15, 0.2) is 12.1 Å². The lowest BCUT2D eigenvalue weighted by atomic mass is 9.89. The van der Waals surface area contributed by atoms with Gasteiger partial charge in [0, 0.05) is 6.07 Å². The molecule has 0 aromatic heterocycles. The van der Waals surface area contributed by atoms with Crippen molar-refractivity contribution in [2.45, 2.75) is 33.1 Å². The molecule has 2 rings (SSSR count). The highest BCUT2D eigenvalue weighted by Crippen LogP contribution is 2.37. The Morgan fingerprint density at radius 2 is 2.05 bits per heavy atom. The third-order valence-electron chi connectivity index (χ3n) is 3.39. The maximum atomic E-state index is 11.1. The highest BCUT2D eigenvalue weighted by molar-refractivity contribution is 5.81. The van der Waals surface area contributed by atoms with E-state index in [1.807, 2.05) is 13.8 Å². The Labute approximate surface area is 124 Å². The fourth-order valence-electron chi connectivity index (χ4n) is 2.06. The summed E-state index contributed by atoms with van der Waals surface area (Å²) in [5.74, 6) is 1.68. The number of nitrogens with zero attached hydrogens (tertiary/aromatic N) is 1. The zero-order valence-corrected chi connectivity index (χ0v) is 12.3. The van der Waals surface area contributed by atoms with Gasteiger partial charge in [0.2, 0.25) is 6.79 Å². The van der Waals surface area contributed by atoms with Crippen LogP contribution in [0.25, 0.3) is 0 Å². The minimum atomic E-state index is -0.299. The van der Waals surface area contributed by atoms with Crippen molar-refractivity contribution in [2.75, 3.05) is 13.4 Å². The zero-order chi connectivity index (χ0) is 15.3. The van der Waals surface area contributed by atoms with E-state index in [2.05, 4.69) is 6.07 Å². The number of aldehydes is 1. The summed E-state index contributed by atoms with van der Waals surface area (Å²) in [5, 5.41) is 8.94. The van der Waals surface area contributed by atoms with Crippen molar-refractivity contribution in [3.63, 3.8) is 0 Å². The fraction of sp³-hybridized carbons (Fsp3) is 0.500. The molecule has 112 valence electrons. The molecule has 0 unspecified atom stereocenters. The first-order chi connectivity index (χ1) is 10.1. The van der Waals surface area contributed by atoms with Gasteiger partial charge in [-0.3, -0.25) is 4.79 Å². The van der Waals surface area contributed by atoms with Crippen LogP contribution in [0.1, 0.15) is 43.5 Å². The lowest BCUT2D eigenvalue weighted by Crippen LogP contribution is -2.08. The average Bonchev–Trinajstić information content (AvgIpc) is 2.93. The first kappa shape index (κ1) is 15.2. The van der Waals surface area contributed by atoms with Gasteiger partial charge in [0.1, 0.15) is 5.75 Å². The second kappa shape index (κ2) is 6.49. The van der Waals surface area contributed by atoms with Crippen LogP contribution >= 0.6 is 0 Å². The number of benzene rings is 1. The first-order valence-electron chi connectivity index (χ1n) is 6.98. The number of carbonyl (C=O) groups is 1. The average molecular weight is 289 g/mol. The van der Waals surface area contributed by atoms with Crippen LogP contribution < -0.4 is 14.2 Å². The van der Waals surface area contributed by atoms with Crippen molar-refractivity contribution in [3.8, 4) is 23.3 Å². The topological polar surface area (TPSA) is 68.5 Å². The smallest absolute Gasteiger partial charge is 0.231 e. The molecule has 0 spiro atoms. The van der Waals surface area contributed by atoms with Gasteiger partial charge in [-0.15, -0.1) is 0 Å². The molecule has 5 heteroatoms.